The van der Waals surface area contributed by atoms with Gasteiger partial charge in [0.25, 0.3) is 0 Å². The molecule has 0 amide bonds. The molecule has 1 heterocycles. The molecule has 0 aliphatic heterocycles. The van der Waals surface area contributed by atoms with Crippen LogP contribution in [0.25, 0.3) is 0 Å². The lowest BCUT2D eigenvalue weighted by Crippen LogP contribution is -2.06. The van der Waals surface area contributed by atoms with Crippen LogP contribution in [-0.4, -0.2) is 15.4 Å². The summed E-state index contributed by atoms with van der Waals surface area (Å²) in [5, 5.41) is 9.54. The molecule has 0 saturated carbocycles. The highest BCUT2D eigenvalue weighted by molar-refractivity contribution is 7.98. The molecule has 18 heavy (non-hydrogen) atoms. The number of nitrogens with one attached hydrogen (secondary N) is 1. The molecule has 0 unspecified atom stereocenters. The third-order valence-electron chi connectivity index (χ3n) is 2.06. The Bertz CT molecular complexity index is 543. The smallest absolute Gasteiger partial charge is 0.200 e. The van der Waals surface area contributed by atoms with Crippen LogP contribution in [0.5, 0.6) is 0 Å². The minimum Gasteiger partial charge on any atom is -0.203 e. The maximum absolute atomic E-state index is 13.3. The van der Waals surface area contributed by atoms with Gasteiger partial charge in [0.2, 0.25) is 5.82 Å². The molecule has 96 valence electrons. The molecule has 0 radical (unpaired) electrons. The second-order valence-corrected chi connectivity index (χ2v) is 4.14. The van der Waals surface area contributed by atoms with Gasteiger partial charge in [-0.1, -0.05) is 11.8 Å². The quantitative estimate of drug-likeness (QED) is 0.407. The minimum absolute atomic E-state index is 0.277. The molecule has 3 nitrogen and oxygen atoms in total. The van der Waals surface area contributed by atoms with Crippen molar-refractivity contribution in [3.63, 3.8) is 0 Å². The van der Waals surface area contributed by atoms with E-state index < -0.39 is 40.4 Å². The highest BCUT2D eigenvalue weighted by Crippen LogP contribution is 2.28. The van der Waals surface area contributed by atoms with Crippen molar-refractivity contribution in [3.8, 4) is 0 Å². The summed E-state index contributed by atoms with van der Waals surface area (Å²) in [5.74, 6) is -10.2. The molecule has 9 heteroatoms. The fourth-order valence-corrected chi connectivity index (χ4v) is 1.96. The van der Waals surface area contributed by atoms with Crippen LogP contribution in [0.3, 0.4) is 0 Å². The number of aromatic amines is 1. The van der Waals surface area contributed by atoms with Crippen molar-refractivity contribution in [1.29, 1.82) is 0 Å². The van der Waals surface area contributed by atoms with Crippen molar-refractivity contribution < 1.29 is 22.0 Å². The third-order valence-corrected chi connectivity index (χ3v) is 2.98. The van der Waals surface area contributed by atoms with Crippen LogP contribution < -0.4 is 0 Å². The second-order valence-electron chi connectivity index (χ2n) is 3.15. The van der Waals surface area contributed by atoms with Gasteiger partial charge < -0.3 is 0 Å². The van der Waals surface area contributed by atoms with Gasteiger partial charge in [0.05, 0.1) is 6.20 Å². The van der Waals surface area contributed by atoms with Crippen LogP contribution in [-0.2, 0) is 5.75 Å². The van der Waals surface area contributed by atoms with Crippen LogP contribution in [0, 0.1) is 29.1 Å². The number of halogens is 5. The van der Waals surface area contributed by atoms with Crippen molar-refractivity contribution in [1.82, 2.24) is 15.4 Å². The van der Waals surface area contributed by atoms with E-state index in [1.54, 1.807) is 0 Å². The number of H-pyrrole nitrogens is 1. The first-order valence-corrected chi connectivity index (χ1v) is 5.49. The van der Waals surface area contributed by atoms with E-state index in [9.17, 15) is 22.0 Å². The first-order valence-electron chi connectivity index (χ1n) is 4.51. The molecule has 1 N–H and O–H groups in total. The summed E-state index contributed by atoms with van der Waals surface area (Å²) >= 11 is 0.791. The SMILES string of the molecule is Fc1c(F)c(F)c(CSc2cn[nH]n2)c(F)c1F. The van der Waals surface area contributed by atoms with Crippen LogP contribution >= 0.6 is 11.8 Å². The summed E-state index contributed by atoms with van der Waals surface area (Å²) in [5.41, 5.74) is -0.889. The number of hydrogen-bond donors (Lipinski definition) is 1. The molecule has 0 spiro atoms. The molecule has 0 aliphatic rings. The standard InChI is InChI=1S/C9H4F5N3S/c10-5-3(2-18-4-1-15-17-16-4)6(11)8(13)9(14)7(5)12/h1H,2H2,(H,15,16,17). The van der Waals surface area contributed by atoms with E-state index in [2.05, 4.69) is 15.4 Å². The number of nitrogens with zero attached hydrogens (tertiary/aromatic N) is 2. The Hall–Kier alpha value is -1.64. The Morgan fingerprint density at radius 2 is 1.50 bits per heavy atom. The van der Waals surface area contributed by atoms with Gasteiger partial charge in [0, 0.05) is 11.3 Å². The van der Waals surface area contributed by atoms with Crippen molar-refractivity contribution >= 4 is 11.8 Å². The summed E-state index contributed by atoms with van der Waals surface area (Å²) in [6, 6.07) is 0. The Labute approximate surface area is 101 Å². The first kappa shape index (κ1) is 12.8. The maximum Gasteiger partial charge on any atom is 0.200 e. The molecular formula is C9H4F5N3S. The summed E-state index contributed by atoms with van der Waals surface area (Å²) in [6.07, 6.45) is 1.26. The van der Waals surface area contributed by atoms with Gasteiger partial charge >= 0.3 is 0 Å². The molecule has 0 fully saturated rings. The molecule has 2 aromatic rings. The zero-order valence-electron chi connectivity index (χ0n) is 8.48. The van der Waals surface area contributed by atoms with Gasteiger partial charge in [-0.2, -0.15) is 10.3 Å². The lowest BCUT2D eigenvalue weighted by Gasteiger charge is -2.06. The van der Waals surface area contributed by atoms with E-state index in [1.165, 1.54) is 6.20 Å². The number of rotatable bonds is 3. The lowest BCUT2D eigenvalue weighted by atomic mass is 10.2. The lowest BCUT2D eigenvalue weighted by molar-refractivity contribution is 0.372. The topological polar surface area (TPSA) is 41.6 Å². The fraction of sp³-hybridized carbons (Fsp3) is 0.111. The van der Waals surface area contributed by atoms with Gasteiger partial charge in [-0.15, -0.1) is 5.10 Å². The van der Waals surface area contributed by atoms with Gasteiger partial charge in [0.1, 0.15) is 5.03 Å². The largest absolute Gasteiger partial charge is 0.203 e. The molecule has 2 rings (SSSR count). The molecule has 0 aliphatic carbocycles. The molecule has 1 aromatic heterocycles. The van der Waals surface area contributed by atoms with Crippen LogP contribution in [0.15, 0.2) is 11.2 Å². The Morgan fingerprint density at radius 1 is 0.944 bits per heavy atom. The van der Waals surface area contributed by atoms with Crippen LogP contribution in [0.4, 0.5) is 22.0 Å². The normalized spacial score (nSPS) is 10.9. The number of aromatic nitrogens is 3. The van der Waals surface area contributed by atoms with E-state index in [0.717, 1.165) is 11.8 Å². The predicted octanol–water partition coefficient (Wildman–Crippen LogP) is 2.79. The Morgan fingerprint density at radius 3 is 2.00 bits per heavy atom. The average molecular weight is 281 g/mol. The van der Waals surface area contributed by atoms with Crippen molar-refractivity contribution in [2.45, 2.75) is 10.8 Å². The number of thioether (sulfide) groups is 1. The van der Waals surface area contributed by atoms with Gasteiger partial charge in [0.15, 0.2) is 23.3 Å². The highest BCUT2D eigenvalue weighted by Gasteiger charge is 2.25. The zero-order chi connectivity index (χ0) is 13.3. The number of hydrogen-bond acceptors (Lipinski definition) is 3. The highest BCUT2D eigenvalue weighted by atomic mass is 32.2. The Kier molecular flexibility index (Phi) is 3.50. The second kappa shape index (κ2) is 4.92. The van der Waals surface area contributed by atoms with E-state index in [0.29, 0.717) is 0 Å². The van der Waals surface area contributed by atoms with E-state index in [1.807, 2.05) is 0 Å². The maximum atomic E-state index is 13.3. The van der Waals surface area contributed by atoms with Crippen LogP contribution in [0.2, 0.25) is 0 Å². The average Bonchev–Trinajstić information content (AvgIpc) is 2.87. The molecule has 1 aromatic carbocycles. The molecule has 0 atom stereocenters. The van der Waals surface area contributed by atoms with Crippen molar-refractivity contribution in [2.24, 2.45) is 0 Å². The molecule has 0 saturated heterocycles. The monoisotopic (exact) mass is 281 g/mol. The van der Waals surface area contributed by atoms with E-state index in [-0.39, 0.29) is 5.03 Å². The van der Waals surface area contributed by atoms with Gasteiger partial charge in [-0.05, 0) is 0 Å². The number of benzene rings is 1. The summed E-state index contributed by atoms with van der Waals surface area (Å²) in [7, 11) is 0. The predicted molar refractivity (Wildman–Crippen MR) is 52.2 cm³/mol. The van der Waals surface area contributed by atoms with Crippen molar-refractivity contribution in [3.05, 3.63) is 40.8 Å². The minimum atomic E-state index is -2.17. The molecule has 0 bridgehead atoms. The summed E-state index contributed by atoms with van der Waals surface area (Å²) < 4.78 is 65.0. The Balaban J connectivity index is 2.33. The summed E-state index contributed by atoms with van der Waals surface area (Å²) in [4.78, 5) is 0. The van der Waals surface area contributed by atoms with Gasteiger partial charge in [-0.25, -0.2) is 22.0 Å². The van der Waals surface area contributed by atoms with Crippen LogP contribution in [0.1, 0.15) is 5.56 Å². The first-order chi connectivity index (χ1) is 8.52. The zero-order valence-corrected chi connectivity index (χ0v) is 9.29. The summed E-state index contributed by atoms with van der Waals surface area (Å²) in [6.45, 7) is 0. The van der Waals surface area contributed by atoms with E-state index in [4.69, 9.17) is 0 Å². The fourth-order valence-electron chi connectivity index (χ4n) is 1.18. The molecular weight excluding hydrogens is 277 g/mol. The van der Waals surface area contributed by atoms with Gasteiger partial charge in [-0.3, -0.25) is 0 Å². The van der Waals surface area contributed by atoms with Crippen molar-refractivity contribution in [2.75, 3.05) is 0 Å². The van der Waals surface area contributed by atoms with E-state index >= 15 is 0 Å². The third kappa shape index (κ3) is 2.17.